The van der Waals surface area contributed by atoms with Crippen molar-refractivity contribution in [2.45, 2.75) is 25.6 Å². The van der Waals surface area contributed by atoms with Crippen molar-refractivity contribution in [3.8, 4) is 5.75 Å². The molecule has 2 aromatic heterocycles. The number of thiazole rings is 1. The molecule has 2 aliphatic heterocycles. The van der Waals surface area contributed by atoms with Gasteiger partial charge in [0.05, 0.1) is 23.9 Å². The van der Waals surface area contributed by atoms with Crippen molar-refractivity contribution in [2.24, 2.45) is 18.0 Å². The Morgan fingerprint density at radius 2 is 2.13 bits per heavy atom. The lowest BCUT2D eigenvalue weighted by molar-refractivity contribution is -0.158. The van der Waals surface area contributed by atoms with Gasteiger partial charge in [0.2, 0.25) is 5.72 Å². The van der Waals surface area contributed by atoms with Crippen molar-refractivity contribution in [3.63, 3.8) is 0 Å². The fourth-order valence-corrected chi connectivity index (χ4v) is 5.32. The van der Waals surface area contributed by atoms with E-state index in [1.165, 1.54) is 18.4 Å². The van der Waals surface area contributed by atoms with Gasteiger partial charge in [-0.3, -0.25) is 18.8 Å². The second-order valence-electron chi connectivity index (χ2n) is 7.63. The number of carbonyl (C=O) groups is 1. The molecule has 2 bridgehead atoms. The van der Waals surface area contributed by atoms with Crippen molar-refractivity contribution in [3.05, 3.63) is 67.0 Å². The Hall–Kier alpha value is -3.20. The van der Waals surface area contributed by atoms with Gasteiger partial charge in [-0.05, 0) is 26.0 Å². The molecular formula is C21H20N4O4S. The number of para-hydroxylation sites is 1. The Balaban J connectivity index is 1.81. The summed E-state index contributed by atoms with van der Waals surface area (Å²) in [6.45, 7) is 3.71. The molecule has 1 aromatic carbocycles. The van der Waals surface area contributed by atoms with Gasteiger partial charge in [-0.25, -0.2) is 4.99 Å². The summed E-state index contributed by atoms with van der Waals surface area (Å²) in [5, 5.41) is 4.24. The largest absolute Gasteiger partial charge is 0.469 e. The minimum Gasteiger partial charge on any atom is -0.469 e. The van der Waals surface area contributed by atoms with E-state index in [1.54, 1.807) is 22.4 Å². The number of ether oxygens (including phenoxy) is 2. The fourth-order valence-electron chi connectivity index (χ4n) is 4.23. The van der Waals surface area contributed by atoms with Crippen LogP contribution in [0.4, 0.5) is 0 Å². The second kappa shape index (κ2) is 6.40. The summed E-state index contributed by atoms with van der Waals surface area (Å²) in [7, 11) is 3.19. The molecule has 3 atom stereocenters. The van der Waals surface area contributed by atoms with Gasteiger partial charge in [-0.15, -0.1) is 0 Å². The smallest absolute Gasteiger partial charge is 0.317 e. The number of esters is 1. The summed E-state index contributed by atoms with van der Waals surface area (Å²) in [5.74, 6) is -0.616. The summed E-state index contributed by atoms with van der Waals surface area (Å²) in [6.07, 6.45) is 3.55. The number of rotatable bonds is 2. The summed E-state index contributed by atoms with van der Waals surface area (Å²) in [5.41, 5.74) is 1.23. The number of benzene rings is 1. The topological polar surface area (TPSA) is 87.7 Å². The SMILES string of the molecule is COC(=O)C1C2c3ccccc3OC1(C)N=c1s/c(=C\c3cnn(C)c3C)c(=O)n12. The highest BCUT2D eigenvalue weighted by Crippen LogP contribution is 2.47. The van der Waals surface area contributed by atoms with E-state index in [4.69, 9.17) is 14.5 Å². The number of fused-ring (bicyclic) bond motifs is 6. The van der Waals surface area contributed by atoms with E-state index in [2.05, 4.69) is 5.10 Å². The van der Waals surface area contributed by atoms with E-state index in [0.29, 0.717) is 15.1 Å². The molecule has 0 saturated carbocycles. The number of carbonyl (C=O) groups excluding carboxylic acids is 1. The maximum absolute atomic E-state index is 13.5. The minimum atomic E-state index is -1.16. The van der Waals surface area contributed by atoms with Gasteiger partial charge in [0.15, 0.2) is 4.80 Å². The summed E-state index contributed by atoms with van der Waals surface area (Å²) >= 11 is 1.29. The fraction of sp³-hybridized carbons (Fsp3) is 0.333. The second-order valence-corrected chi connectivity index (χ2v) is 8.64. The Morgan fingerprint density at radius 1 is 1.37 bits per heavy atom. The first-order valence-electron chi connectivity index (χ1n) is 9.51. The molecule has 3 aromatic rings. The van der Waals surface area contributed by atoms with E-state index in [0.717, 1.165) is 16.8 Å². The van der Waals surface area contributed by atoms with Crippen LogP contribution in [0, 0.1) is 12.8 Å². The maximum atomic E-state index is 13.5. The monoisotopic (exact) mass is 424 g/mol. The summed E-state index contributed by atoms with van der Waals surface area (Å²) < 4.78 is 15.1. The van der Waals surface area contributed by atoms with Crippen molar-refractivity contribution < 1.29 is 14.3 Å². The van der Waals surface area contributed by atoms with E-state index in [9.17, 15) is 9.59 Å². The molecule has 8 nitrogen and oxygen atoms in total. The highest BCUT2D eigenvalue weighted by molar-refractivity contribution is 7.07. The molecule has 9 heteroatoms. The molecule has 0 saturated heterocycles. The lowest BCUT2D eigenvalue weighted by Crippen LogP contribution is -2.58. The van der Waals surface area contributed by atoms with E-state index in [1.807, 2.05) is 44.3 Å². The Bertz CT molecular complexity index is 1370. The van der Waals surface area contributed by atoms with Crippen LogP contribution >= 0.6 is 11.3 Å². The van der Waals surface area contributed by atoms with Gasteiger partial charge in [-0.2, -0.15) is 5.10 Å². The highest BCUT2D eigenvalue weighted by Gasteiger charge is 2.55. The van der Waals surface area contributed by atoms with Gasteiger partial charge >= 0.3 is 5.97 Å². The summed E-state index contributed by atoms with van der Waals surface area (Å²) in [6, 6.07) is 6.88. The Morgan fingerprint density at radius 3 is 2.83 bits per heavy atom. The molecule has 3 unspecified atom stereocenters. The molecule has 4 heterocycles. The molecule has 0 amide bonds. The van der Waals surface area contributed by atoms with Crippen LogP contribution in [0.15, 0.2) is 40.2 Å². The van der Waals surface area contributed by atoms with Crippen LogP contribution in [0.5, 0.6) is 5.75 Å². The minimum absolute atomic E-state index is 0.195. The van der Waals surface area contributed by atoms with Gasteiger partial charge in [0, 0.05) is 23.9 Å². The molecule has 0 fully saturated rings. The molecule has 0 N–H and O–H groups in total. The average Bonchev–Trinajstić information content (AvgIpc) is 3.19. The third-order valence-electron chi connectivity index (χ3n) is 5.89. The van der Waals surface area contributed by atoms with Crippen LogP contribution in [0.1, 0.15) is 29.8 Å². The molecule has 5 rings (SSSR count). The van der Waals surface area contributed by atoms with Gasteiger partial charge < -0.3 is 9.47 Å². The van der Waals surface area contributed by atoms with E-state index >= 15 is 0 Å². The number of aryl methyl sites for hydroxylation is 1. The van der Waals surface area contributed by atoms with Crippen molar-refractivity contribution in [1.82, 2.24) is 14.3 Å². The van der Waals surface area contributed by atoms with Crippen molar-refractivity contribution in [2.75, 3.05) is 7.11 Å². The number of methoxy groups -OCH3 is 1. The zero-order chi connectivity index (χ0) is 21.2. The molecule has 0 spiro atoms. The van der Waals surface area contributed by atoms with Crippen LogP contribution in [-0.4, -0.2) is 33.2 Å². The number of hydrogen-bond acceptors (Lipinski definition) is 7. The Labute approximate surface area is 175 Å². The maximum Gasteiger partial charge on any atom is 0.317 e. The van der Waals surface area contributed by atoms with Crippen LogP contribution in [0.2, 0.25) is 0 Å². The number of hydrogen-bond donors (Lipinski definition) is 0. The third kappa shape index (κ3) is 2.51. The van der Waals surface area contributed by atoms with Crippen molar-refractivity contribution in [1.29, 1.82) is 0 Å². The first-order chi connectivity index (χ1) is 14.3. The molecule has 0 radical (unpaired) electrons. The predicted octanol–water partition coefficient (Wildman–Crippen LogP) is 0.901. The number of nitrogens with zero attached hydrogens (tertiary/aromatic N) is 4. The molecule has 2 aliphatic rings. The van der Waals surface area contributed by atoms with E-state index < -0.39 is 23.7 Å². The first kappa shape index (κ1) is 18.8. The van der Waals surface area contributed by atoms with Gasteiger partial charge in [0.25, 0.3) is 5.56 Å². The molecular weight excluding hydrogens is 404 g/mol. The predicted molar refractivity (Wildman–Crippen MR) is 110 cm³/mol. The highest BCUT2D eigenvalue weighted by atomic mass is 32.1. The van der Waals surface area contributed by atoms with Crippen LogP contribution < -0.4 is 19.6 Å². The van der Waals surface area contributed by atoms with Crippen LogP contribution in [0.25, 0.3) is 6.08 Å². The van der Waals surface area contributed by atoms with Crippen molar-refractivity contribution >= 4 is 23.4 Å². The normalized spacial score (nSPS) is 24.5. The first-order valence-corrected chi connectivity index (χ1v) is 10.3. The quantitative estimate of drug-likeness (QED) is 0.571. The zero-order valence-electron chi connectivity index (χ0n) is 16.9. The van der Waals surface area contributed by atoms with Crippen LogP contribution in [0.3, 0.4) is 0 Å². The molecule has 30 heavy (non-hydrogen) atoms. The third-order valence-corrected chi connectivity index (χ3v) is 6.88. The van der Waals surface area contributed by atoms with E-state index in [-0.39, 0.29) is 5.56 Å². The number of aromatic nitrogens is 3. The van der Waals surface area contributed by atoms with Gasteiger partial charge in [-0.1, -0.05) is 29.5 Å². The molecule has 154 valence electrons. The summed E-state index contributed by atoms with van der Waals surface area (Å²) in [4.78, 5) is 31.5. The lowest BCUT2D eigenvalue weighted by atomic mass is 9.81. The zero-order valence-corrected chi connectivity index (χ0v) is 17.8. The van der Waals surface area contributed by atoms with Gasteiger partial charge in [0.1, 0.15) is 11.7 Å². The molecule has 0 aliphatic carbocycles. The lowest BCUT2D eigenvalue weighted by Gasteiger charge is -2.44. The van der Waals surface area contributed by atoms with Crippen LogP contribution in [-0.2, 0) is 16.6 Å². The average molecular weight is 424 g/mol. The Kier molecular flexibility index (Phi) is 4.01. The standard InChI is InChI=1S/C21H20N4O4S/c1-11-12(10-22-24(11)3)9-15-18(26)25-17-13-7-5-6-8-14(13)29-21(2,23-20(25)30-15)16(17)19(27)28-4/h5-10,16-17H,1-4H3/b15-9-.